The van der Waals surface area contributed by atoms with Crippen LogP contribution >= 0.6 is 0 Å². The maximum atomic E-state index is 11.8. The molecule has 0 spiro atoms. The number of hydrogen-bond donors (Lipinski definition) is 2. The van der Waals surface area contributed by atoms with Gasteiger partial charge >= 0.3 is 0 Å². The van der Waals surface area contributed by atoms with Crippen LogP contribution in [0.3, 0.4) is 0 Å². The second-order valence-corrected chi connectivity index (χ2v) is 4.50. The quantitative estimate of drug-likeness (QED) is 0.787. The standard InChI is InChI=1S/C13H17N3O/c1-7-5-10(6-8(2)9(7)3)11-12(14)16(4)15-13(11)17/h5-6H,14H2,1-4H3,(H,15,17). The molecule has 0 bridgehead atoms. The number of hydrogen-bond acceptors (Lipinski definition) is 2. The van der Waals surface area contributed by atoms with Gasteiger partial charge in [-0.25, -0.2) is 0 Å². The minimum atomic E-state index is -0.146. The first-order chi connectivity index (χ1) is 7.91. The molecule has 1 aromatic heterocycles. The van der Waals surface area contributed by atoms with E-state index in [0.717, 1.165) is 5.56 Å². The fourth-order valence-electron chi connectivity index (χ4n) is 2.01. The summed E-state index contributed by atoms with van der Waals surface area (Å²) in [4.78, 5) is 11.8. The number of aryl methyl sites for hydroxylation is 3. The van der Waals surface area contributed by atoms with Gasteiger partial charge in [-0.1, -0.05) is 12.1 Å². The number of nitrogen functional groups attached to an aromatic ring is 1. The molecule has 0 saturated carbocycles. The minimum Gasteiger partial charge on any atom is -0.383 e. The van der Waals surface area contributed by atoms with Crippen LogP contribution in [-0.4, -0.2) is 9.78 Å². The molecule has 4 heteroatoms. The molecule has 0 radical (unpaired) electrons. The zero-order valence-electron chi connectivity index (χ0n) is 10.6. The number of nitrogens with zero attached hydrogens (tertiary/aromatic N) is 1. The molecule has 0 unspecified atom stereocenters. The predicted molar refractivity (Wildman–Crippen MR) is 70.1 cm³/mol. The molecular weight excluding hydrogens is 214 g/mol. The lowest BCUT2D eigenvalue weighted by Gasteiger charge is -2.08. The smallest absolute Gasteiger partial charge is 0.274 e. The monoisotopic (exact) mass is 231 g/mol. The van der Waals surface area contributed by atoms with Gasteiger partial charge in [0.1, 0.15) is 5.82 Å². The van der Waals surface area contributed by atoms with Gasteiger partial charge in [0.05, 0.1) is 5.56 Å². The van der Waals surface area contributed by atoms with Crippen LogP contribution in [0.5, 0.6) is 0 Å². The second kappa shape index (κ2) is 3.80. The molecular formula is C13H17N3O. The van der Waals surface area contributed by atoms with Crippen molar-refractivity contribution in [2.45, 2.75) is 20.8 Å². The summed E-state index contributed by atoms with van der Waals surface area (Å²) in [5.74, 6) is 0.470. The molecule has 0 fully saturated rings. The van der Waals surface area contributed by atoms with Gasteiger partial charge in [0, 0.05) is 7.05 Å². The second-order valence-electron chi connectivity index (χ2n) is 4.50. The molecule has 0 aliphatic carbocycles. The van der Waals surface area contributed by atoms with Crippen LogP contribution in [0.25, 0.3) is 11.1 Å². The van der Waals surface area contributed by atoms with Crippen LogP contribution in [0.2, 0.25) is 0 Å². The Morgan fingerprint density at radius 2 is 1.71 bits per heavy atom. The average molecular weight is 231 g/mol. The molecule has 1 heterocycles. The Hall–Kier alpha value is -1.97. The van der Waals surface area contributed by atoms with Crippen LogP contribution < -0.4 is 11.3 Å². The highest BCUT2D eigenvalue weighted by atomic mass is 16.1. The van der Waals surface area contributed by atoms with Gasteiger partial charge in [-0.2, -0.15) is 0 Å². The maximum Gasteiger partial charge on any atom is 0.274 e. The van der Waals surface area contributed by atoms with Crippen molar-refractivity contribution in [3.05, 3.63) is 39.2 Å². The molecule has 0 amide bonds. The minimum absolute atomic E-state index is 0.146. The SMILES string of the molecule is Cc1cc(-c2c(N)n(C)[nH]c2=O)cc(C)c1C. The van der Waals surface area contributed by atoms with Gasteiger partial charge < -0.3 is 5.73 Å². The van der Waals surface area contributed by atoms with E-state index in [0.29, 0.717) is 11.4 Å². The highest BCUT2D eigenvalue weighted by Crippen LogP contribution is 2.26. The Morgan fingerprint density at radius 1 is 1.18 bits per heavy atom. The maximum absolute atomic E-state index is 11.8. The number of nitrogens with two attached hydrogens (primary N) is 1. The fourth-order valence-corrected chi connectivity index (χ4v) is 2.01. The number of anilines is 1. The van der Waals surface area contributed by atoms with Crippen LogP contribution in [0.4, 0.5) is 5.82 Å². The van der Waals surface area contributed by atoms with Crippen molar-refractivity contribution < 1.29 is 0 Å². The van der Waals surface area contributed by atoms with E-state index in [1.54, 1.807) is 11.7 Å². The van der Waals surface area contributed by atoms with Crippen molar-refractivity contribution in [2.75, 3.05) is 5.73 Å². The topological polar surface area (TPSA) is 63.8 Å². The van der Waals surface area contributed by atoms with Crippen LogP contribution in [-0.2, 0) is 7.05 Å². The van der Waals surface area contributed by atoms with E-state index in [4.69, 9.17) is 5.73 Å². The third-order valence-corrected chi connectivity index (χ3v) is 3.33. The van der Waals surface area contributed by atoms with Crippen molar-refractivity contribution in [1.29, 1.82) is 0 Å². The van der Waals surface area contributed by atoms with Crippen molar-refractivity contribution in [3.63, 3.8) is 0 Å². The largest absolute Gasteiger partial charge is 0.383 e. The molecule has 0 atom stereocenters. The van der Waals surface area contributed by atoms with E-state index >= 15 is 0 Å². The molecule has 3 N–H and O–H groups in total. The average Bonchev–Trinajstić information content (AvgIpc) is 2.49. The molecule has 0 aliphatic heterocycles. The highest BCUT2D eigenvalue weighted by Gasteiger charge is 2.13. The van der Waals surface area contributed by atoms with Crippen molar-refractivity contribution in [1.82, 2.24) is 9.78 Å². The van der Waals surface area contributed by atoms with E-state index in [-0.39, 0.29) is 5.56 Å². The number of aromatic amines is 1. The van der Waals surface area contributed by atoms with E-state index < -0.39 is 0 Å². The van der Waals surface area contributed by atoms with Gasteiger partial charge in [-0.15, -0.1) is 0 Å². The Balaban J connectivity index is 2.73. The molecule has 0 saturated heterocycles. The molecule has 2 rings (SSSR count). The third kappa shape index (κ3) is 1.75. The molecule has 4 nitrogen and oxygen atoms in total. The Labute approximate surface area is 100 Å². The molecule has 1 aromatic carbocycles. The highest BCUT2D eigenvalue weighted by molar-refractivity contribution is 5.74. The lowest BCUT2D eigenvalue weighted by molar-refractivity contribution is 0.767. The number of benzene rings is 1. The van der Waals surface area contributed by atoms with Gasteiger partial charge in [-0.05, 0) is 43.0 Å². The Bertz CT molecular complexity index is 612. The van der Waals surface area contributed by atoms with E-state index in [9.17, 15) is 4.79 Å². The molecule has 17 heavy (non-hydrogen) atoms. The normalized spacial score (nSPS) is 10.8. The summed E-state index contributed by atoms with van der Waals surface area (Å²) in [5.41, 5.74) is 10.8. The van der Waals surface area contributed by atoms with E-state index in [1.165, 1.54) is 16.7 Å². The lowest BCUT2D eigenvalue weighted by Crippen LogP contribution is -2.04. The van der Waals surface area contributed by atoms with Crippen LogP contribution in [0.1, 0.15) is 16.7 Å². The first kappa shape index (κ1) is 11.5. The zero-order valence-corrected chi connectivity index (χ0v) is 10.6. The predicted octanol–water partition coefficient (Wildman–Crippen LogP) is 1.89. The van der Waals surface area contributed by atoms with Crippen molar-refractivity contribution in [2.24, 2.45) is 7.05 Å². The van der Waals surface area contributed by atoms with Gasteiger partial charge in [0.25, 0.3) is 5.56 Å². The Kier molecular flexibility index (Phi) is 2.58. The lowest BCUT2D eigenvalue weighted by atomic mass is 9.97. The first-order valence-corrected chi connectivity index (χ1v) is 5.54. The summed E-state index contributed by atoms with van der Waals surface area (Å²) in [6.45, 7) is 6.16. The summed E-state index contributed by atoms with van der Waals surface area (Å²) in [7, 11) is 1.73. The zero-order chi connectivity index (χ0) is 12.7. The number of rotatable bonds is 1. The Morgan fingerprint density at radius 3 is 2.12 bits per heavy atom. The van der Waals surface area contributed by atoms with E-state index in [2.05, 4.69) is 12.0 Å². The summed E-state index contributed by atoms with van der Waals surface area (Å²) >= 11 is 0. The summed E-state index contributed by atoms with van der Waals surface area (Å²) in [6, 6.07) is 4.01. The third-order valence-electron chi connectivity index (χ3n) is 3.33. The fraction of sp³-hybridized carbons (Fsp3) is 0.308. The molecule has 2 aromatic rings. The van der Waals surface area contributed by atoms with Gasteiger partial charge in [0.2, 0.25) is 0 Å². The summed E-state index contributed by atoms with van der Waals surface area (Å²) < 4.78 is 1.54. The molecule has 0 aliphatic rings. The van der Waals surface area contributed by atoms with Crippen molar-refractivity contribution >= 4 is 5.82 Å². The number of aromatic nitrogens is 2. The van der Waals surface area contributed by atoms with Gasteiger partial charge in [-0.3, -0.25) is 14.6 Å². The van der Waals surface area contributed by atoms with Crippen molar-refractivity contribution in [3.8, 4) is 11.1 Å². The van der Waals surface area contributed by atoms with E-state index in [1.807, 2.05) is 26.0 Å². The summed E-state index contributed by atoms with van der Waals surface area (Å²) in [5, 5.41) is 2.66. The number of nitrogens with one attached hydrogen (secondary N) is 1. The number of H-pyrrole nitrogens is 1. The summed E-state index contributed by atoms with van der Waals surface area (Å²) in [6.07, 6.45) is 0. The first-order valence-electron chi connectivity index (χ1n) is 5.54. The van der Waals surface area contributed by atoms with Crippen LogP contribution in [0, 0.1) is 20.8 Å². The molecule has 90 valence electrons. The van der Waals surface area contributed by atoms with Gasteiger partial charge in [0.15, 0.2) is 0 Å². The van der Waals surface area contributed by atoms with Crippen LogP contribution in [0.15, 0.2) is 16.9 Å².